The fraction of sp³-hybridized carbons (Fsp3) is 1.00. The zero-order chi connectivity index (χ0) is 22.4. The average molecular weight is 505 g/mol. The molecule has 0 spiro atoms. The maximum Gasteiger partial charge on any atom is 0.324 e. The summed E-state index contributed by atoms with van der Waals surface area (Å²) in [5.74, 6) is 0. The Hall–Kier alpha value is 1.02. The van der Waals surface area contributed by atoms with Crippen LogP contribution < -0.4 is 0 Å². The number of hydrogen-bond acceptors (Lipinski definition) is 7. The minimum Gasteiger partial charge on any atom is -0.436 e. The highest BCUT2D eigenvalue weighted by molar-refractivity contribution is 6.82. The van der Waals surface area contributed by atoms with Crippen LogP contribution in [0.3, 0.4) is 0 Å². The normalized spacial score (nSPS) is 15.8. The monoisotopic (exact) mass is 504 g/mol. The van der Waals surface area contributed by atoms with Gasteiger partial charge in [-0.2, -0.15) is 0 Å². The predicted octanol–water partition coefficient (Wildman–Crippen LogP) is 4.64. The largest absolute Gasteiger partial charge is 0.436 e. The summed E-state index contributed by atoms with van der Waals surface area (Å²) in [6, 6.07) is 0. The van der Waals surface area contributed by atoms with Gasteiger partial charge in [-0.25, -0.2) is 0 Å². The maximum absolute atomic E-state index is 6.15. The van der Waals surface area contributed by atoms with E-state index in [0.29, 0.717) is 0 Å². The average Bonchev–Trinajstić information content (AvgIpc) is 2.29. The Morgan fingerprint density at radius 3 is 1.29 bits per heavy atom. The minimum atomic E-state index is -2.34. The van der Waals surface area contributed by atoms with Gasteiger partial charge in [0.05, 0.1) is 0 Å². The van der Waals surface area contributed by atoms with Crippen molar-refractivity contribution in [3.8, 4) is 0 Å². The van der Waals surface area contributed by atoms with E-state index in [4.69, 9.17) is 30.0 Å². The van der Waals surface area contributed by atoms with Crippen molar-refractivity contribution in [3.63, 3.8) is 0 Å². The molecule has 0 bridgehead atoms. The highest BCUT2D eigenvalue weighted by atomic mass is 28.4. The molecule has 0 fully saturated rings. The Bertz CT molecular complexity index is 463. The van der Waals surface area contributed by atoms with E-state index in [1.807, 2.05) is 19.6 Å². The Labute approximate surface area is 180 Å². The Balaban J connectivity index is 4.29. The van der Waals surface area contributed by atoms with Crippen LogP contribution >= 0.6 is 0 Å². The fourth-order valence-electron chi connectivity index (χ4n) is 2.59. The molecule has 0 aromatic rings. The van der Waals surface area contributed by atoms with Gasteiger partial charge in [-0.05, 0) is 85.1 Å². The quantitative estimate of drug-likeness (QED) is 0.252. The molecule has 0 rings (SSSR count). The zero-order valence-corrected chi connectivity index (χ0v) is 26.5. The number of rotatable bonds is 14. The third kappa shape index (κ3) is 16.8. The molecule has 1 unspecified atom stereocenters. The van der Waals surface area contributed by atoms with E-state index >= 15 is 0 Å². The van der Waals surface area contributed by atoms with E-state index < -0.39 is 51.6 Å². The van der Waals surface area contributed by atoms with Gasteiger partial charge in [0, 0.05) is 0 Å². The van der Waals surface area contributed by atoms with Gasteiger partial charge >= 0.3 is 35.0 Å². The van der Waals surface area contributed by atoms with Gasteiger partial charge in [0.1, 0.15) is 13.6 Å². The molecule has 0 amide bonds. The van der Waals surface area contributed by atoms with Crippen LogP contribution in [0, 0.1) is 0 Å². The summed E-state index contributed by atoms with van der Waals surface area (Å²) < 4.78 is 42.0. The second kappa shape index (κ2) is 11.1. The second-order valence-corrected chi connectivity index (χ2v) is 31.9. The van der Waals surface area contributed by atoms with E-state index in [-0.39, 0.29) is 13.6 Å². The maximum atomic E-state index is 6.15. The summed E-state index contributed by atoms with van der Waals surface area (Å²) in [7, 11) is -11.8. The standard InChI is InChI=1S/C15H44O7Si6/c1-23(16-14-17-27(10,11)21-24(2,3)4)20-26(8,9)18-15-19-28(12,13)22-25(5,6)7/h23H,14-15H2,1-13H3. The van der Waals surface area contributed by atoms with Crippen LogP contribution in [0.5, 0.6) is 0 Å². The molecule has 1 atom stereocenters. The molecule has 0 aromatic heterocycles. The fourth-order valence-corrected chi connectivity index (χ4v) is 20.1. The van der Waals surface area contributed by atoms with Crippen molar-refractivity contribution in [1.82, 2.24) is 0 Å². The van der Waals surface area contributed by atoms with E-state index in [9.17, 15) is 0 Å². The van der Waals surface area contributed by atoms with Crippen molar-refractivity contribution >= 4 is 51.6 Å². The highest BCUT2D eigenvalue weighted by Gasteiger charge is 2.35. The first-order valence-corrected chi connectivity index (χ1v) is 27.2. The van der Waals surface area contributed by atoms with Crippen molar-refractivity contribution in [2.24, 2.45) is 0 Å². The molecule has 7 nitrogen and oxygen atoms in total. The summed E-state index contributed by atoms with van der Waals surface area (Å²) in [5, 5.41) is 0. The van der Waals surface area contributed by atoms with Gasteiger partial charge in [-0.1, -0.05) is 0 Å². The Kier molecular flexibility index (Phi) is 11.5. The topological polar surface area (TPSA) is 64.6 Å². The third-order valence-corrected chi connectivity index (χ3v) is 18.6. The molecule has 0 radical (unpaired) electrons. The summed E-state index contributed by atoms with van der Waals surface area (Å²) in [6.07, 6.45) is 0. The Morgan fingerprint density at radius 2 is 0.893 bits per heavy atom. The first kappa shape index (κ1) is 29.0. The van der Waals surface area contributed by atoms with Crippen molar-refractivity contribution in [3.05, 3.63) is 0 Å². The third-order valence-electron chi connectivity index (χ3n) is 3.08. The van der Waals surface area contributed by atoms with Crippen LogP contribution in [-0.4, -0.2) is 65.2 Å². The molecule has 0 aliphatic heterocycles. The molecule has 28 heavy (non-hydrogen) atoms. The van der Waals surface area contributed by atoms with Crippen LogP contribution in [0.4, 0.5) is 0 Å². The molecular formula is C15H44O7Si6. The highest BCUT2D eigenvalue weighted by Crippen LogP contribution is 2.18. The zero-order valence-electron chi connectivity index (χ0n) is 20.3. The lowest BCUT2D eigenvalue weighted by Gasteiger charge is -2.33. The second-order valence-electron chi connectivity index (χ2n) is 10.1. The predicted molar refractivity (Wildman–Crippen MR) is 129 cm³/mol. The SMILES string of the molecule is C[SiH](OCO[Si](C)(C)O[Si](C)(C)C)O[Si](C)(C)OCO[Si](C)(C)O[Si](C)(C)C. The molecule has 13 heteroatoms. The summed E-state index contributed by atoms with van der Waals surface area (Å²) in [4.78, 5) is 0. The smallest absolute Gasteiger partial charge is 0.324 e. The minimum absolute atomic E-state index is 0.199. The molecule has 0 aromatic carbocycles. The summed E-state index contributed by atoms with van der Waals surface area (Å²) >= 11 is 0. The van der Waals surface area contributed by atoms with Crippen LogP contribution in [0.1, 0.15) is 0 Å². The first-order chi connectivity index (χ1) is 12.2. The van der Waals surface area contributed by atoms with Crippen LogP contribution in [-0.2, 0) is 30.0 Å². The van der Waals surface area contributed by atoms with Crippen molar-refractivity contribution in [2.45, 2.75) is 85.1 Å². The van der Waals surface area contributed by atoms with Crippen LogP contribution in [0.25, 0.3) is 0 Å². The van der Waals surface area contributed by atoms with Crippen LogP contribution in [0.15, 0.2) is 0 Å². The number of hydrogen-bond donors (Lipinski definition) is 0. The van der Waals surface area contributed by atoms with E-state index in [2.05, 4.69) is 65.5 Å². The molecule has 0 aliphatic carbocycles. The molecule has 0 saturated carbocycles. The van der Waals surface area contributed by atoms with Gasteiger partial charge in [0.25, 0.3) is 0 Å². The lowest BCUT2D eigenvalue weighted by Crippen LogP contribution is -2.48. The van der Waals surface area contributed by atoms with Crippen molar-refractivity contribution in [1.29, 1.82) is 0 Å². The van der Waals surface area contributed by atoms with Gasteiger partial charge < -0.3 is 30.0 Å². The van der Waals surface area contributed by atoms with Crippen molar-refractivity contribution in [2.75, 3.05) is 13.6 Å². The molecule has 0 saturated heterocycles. The lowest BCUT2D eigenvalue weighted by molar-refractivity contribution is 0.0545. The van der Waals surface area contributed by atoms with Gasteiger partial charge in [-0.15, -0.1) is 0 Å². The van der Waals surface area contributed by atoms with Crippen molar-refractivity contribution < 1.29 is 30.0 Å². The summed E-state index contributed by atoms with van der Waals surface area (Å²) in [5.41, 5.74) is 0. The molecule has 0 N–H and O–H groups in total. The molecular weight excluding hydrogens is 461 g/mol. The van der Waals surface area contributed by atoms with Gasteiger partial charge in [-0.3, -0.25) is 0 Å². The van der Waals surface area contributed by atoms with Gasteiger partial charge in [0.15, 0.2) is 16.6 Å². The first-order valence-electron chi connectivity index (χ1n) is 9.84. The molecule has 170 valence electrons. The molecule has 0 heterocycles. The van der Waals surface area contributed by atoms with E-state index in [0.717, 1.165) is 0 Å². The van der Waals surface area contributed by atoms with E-state index in [1.165, 1.54) is 0 Å². The lowest BCUT2D eigenvalue weighted by atomic mass is 11.6. The molecule has 0 aliphatic rings. The summed E-state index contributed by atoms with van der Waals surface area (Å²) in [6.45, 7) is 27.6. The van der Waals surface area contributed by atoms with Crippen LogP contribution in [0.2, 0.25) is 85.1 Å². The van der Waals surface area contributed by atoms with Gasteiger partial charge in [0.2, 0.25) is 0 Å². The Morgan fingerprint density at radius 1 is 0.536 bits per heavy atom. The van der Waals surface area contributed by atoms with E-state index in [1.54, 1.807) is 0 Å².